The van der Waals surface area contributed by atoms with Crippen LogP contribution in [0.4, 0.5) is 5.69 Å². The molecule has 0 aromatic heterocycles. The van der Waals surface area contributed by atoms with E-state index in [0.29, 0.717) is 40.4 Å². The zero-order chi connectivity index (χ0) is 22.3. The van der Waals surface area contributed by atoms with Crippen molar-refractivity contribution < 1.29 is 19.4 Å². The molecule has 0 radical (unpaired) electrons. The number of anilines is 1. The maximum atomic E-state index is 13.6. The van der Waals surface area contributed by atoms with Gasteiger partial charge in [0, 0.05) is 16.1 Å². The predicted molar refractivity (Wildman–Crippen MR) is 122 cm³/mol. The van der Waals surface area contributed by atoms with Crippen LogP contribution in [0, 0.1) is 5.92 Å². The molecule has 162 valence electrons. The lowest BCUT2D eigenvalue weighted by molar-refractivity contribution is -0.140. The lowest BCUT2D eigenvalue weighted by atomic mass is 9.71. The first kappa shape index (κ1) is 20.7. The molecule has 2 aliphatic rings. The third kappa shape index (κ3) is 3.29. The number of amides is 1. The normalized spacial score (nSPS) is 21.9. The largest absolute Gasteiger partial charge is 0.492 e. The molecule has 1 aliphatic carbocycles. The molecule has 0 spiro atoms. The van der Waals surface area contributed by atoms with Crippen LogP contribution in [0.1, 0.15) is 27.9 Å². The summed E-state index contributed by atoms with van der Waals surface area (Å²) in [6.45, 7) is 0.484. The monoisotopic (exact) mass is 447 g/mol. The zero-order valence-corrected chi connectivity index (χ0v) is 18.1. The summed E-state index contributed by atoms with van der Waals surface area (Å²) in [6, 6.07) is 21.6. The highest BCUT2D eigenvalue weighted by molar-refractivity contribution is 6.30. The topological polar surface area (TPSA) is 66.8 Å². The Labute approximate surface area is 191 Å². The Kier molecular flexibility index (Phi) is 5.24. The van der Waals surface area contributed by atoms with E-state index in [9.17, 15) is 14.7 Å². The van der Waals surface area contributed by atoms with Crippen LogP contribution in [0.15, 0.2) is 72.8 Å². The summed E-state index contributed by atoms with van der Waals surface area (Å²) in [6.07, 6.45) is 1.06. The quantitative estimate of drug-likeness (QED) is 0.629. The van der Waals surface area contributed by atoms with Crippen molar-refractivity contribution in [1.29, 1.82) is 0 Å². The van der Waals surface area contributed by atoms with Crippen LogP contribution < -0.4 is 9.64 Å². The summed E-state index contributed by atoms with van der Waals surface area (Å²) in [5, 5.41) is 12.4. The van der Waals surface area contributed by atoms with Crippen LogP contribution in [-0.2, 0) is 16.8 Å². The fourth-order valence-electron chi connectivity index (χ4n) is 4.80. The van der Waals surface area contributed by atoms with Crippen molar-refractivity contribution in [2.24, 2.45) is 5.92 Å². The number of ether oxygens (including phenoxy) is 1. The van der Waals surface area contributed by atoms with Gasteiger partial charge in [0.1, 0.15) is 12.4 Å². The van der Waals surface area contributed by atoms with Crippen molar-refractivity contribution in [2.75, 3.05) is 18.1 Å². The summed E-state index contributed by atoms with van der Waals surface area (Å²) < 4.78 is 5.77. The number of Topliss-reactive ketones (excluding diaryl/α,β-unsaturated/α-hetero) is 1. The molecule has 1 N–H and O–H groups in total. The minimum atomic E-state index is -1.89. The van der Waals surface area contributed by atoms with Gasteiger partial charge in [-0.3, -0.25) is 9.59 Å². The molecule has 32 heavy (non-hydrogen) atoms. The minimum Gasteiger partial charge on any atom is -0.492 e. The van der Waals surface area contributed by atoms with E-state index in [0.717, 1.165) is 5.56 Å². The molecule has 5 rings (SSSR count). The highest BCUT2D eigenvalue weighted by atomic mass is 35.5. The summed E-state index contributed by atoms with van der Waals surface area (Å²) in [4.78, 5) is 28.4. The van der Waals surface area contributed by atoms with E-state index in [-0.39, 0.29) is 18.9 Å². The number of nitrogens with zero attached hydrogens (tertiary/aromatic N) is 1. The molecule has 3 aromatic rings. The maximum Gasteiger partial charge on any atom is 0.264 e. The molecular weight excluding hydrogens is 426 g/mol. The molecule has 3 aromatic carbocycles. The number of aliphatic hydroxyl groups is 1. The number of carbonyl (C=O) groups excluding carboxylic acids is 2. The second kappa shape index (κ2) is 8.08. The van der Waals surface area contributed by atoms with Crippen molar-refractivity contribution in [2.45, 2.75) is 18.4 Å². The Bertz CT molecular complexity index is 1190. The number of rotatable bonds is 5. The first-order valence-electron chi connectivity index (χ1n) is 10.6. The second-order valence-corrected chi connectivity index (χ2v) is 8.59. The molecule has 0 fully saturated rings. The molecule has 5 nitrogen and oxygen atoms in total. The highest BCUT2D eigenvalue weighted by Crippen LogP contribution is 2.48. The number of para-hydroxylation sites is 1. The zero-order valence-electron chi connectivity index (χ0n) is 17.3. The summed E-state index contributed by atoms with van der Waals surface area (Å²) in [5.74, 6) is -0.843. The van der Waals surface area contributed by atoms with Crippen LogP contribution in [0.2, 0.25) is 5.02 Å². The van der Waals surface area contributed by atoms with Crippen molar-refractivity contribution in [3.05, 3.63) is 94.5 Å². The third-order valence-electron chi connectivity index (χ3n) is 6.38. The first-order chi connectivity index (χ1) is 15.5. The molecule has 1 aliphatic heterocycles. The standard InChI is InChI=1S/C26H22ClNO4/c27-18-10-12-19(13-11-18)32-16-15-28-23-8-4-3-7-21(23)26(31,25(28)30)22-14-9-17-5-1-2-6-20(17)24(22)29/h1-8,10-13,22,31H,9,14-16H2/t22-,26-/m1/s1. The maximum absolute atomic E-state index is 13.6. The molecule has 0 unspecified atom stereocenters. The molecule has 6 heteroatoms. The van der Waals surface area contributed by atoms with Crippen molar-refractivity contribution in [1.82, 2.24) is 0 Å². The Morgan fingerprint density at radius 3 is 2.53 bits per heavy atom. The van der Waals surface area contributed by atoms with E-state index in [4.69, 9.17) is 16.3 Å². The van der Waals surface area contributed by atoms with Gasteiger partial charge in [0.15, 0.2) is 11.4 Å². The highest BCUT2D eigenvalue weighted by Gasteiger charge is 2.57. The van der Waals surface area contributed by atoms with E-state index in [1.54, 1.807) is 48.5 Å². The van der Waals surface area contributed by atoms with Crippen LogP contribution in [0.3, 0.4) is 0 Å². The van der Waals surface area contributed by atoms with Gasteiger partial charge in [0.2, 0.25) is 0 Å². The summed E-state index contributed by atoms with van der Waals surface area (Å²) in [5.41, 5.74) is 0.762. The molecule has 0 saturated heterocycles. The van der Waals surface area contributed by atoms with Gasteiger partial charge in [0.25, 0.3) is 5.91 Å². The van der Waals surface area contributed by atoms with E-state index in [1.807, 2.05) is 24.3 Å². The number of fused-ring (bicyclic) bond motifs is 2. The fourth-order valence-corrected chi connectivity index (χ4v) is 4.93. The lowest BCUT2D eigenvalue weighted by Crippen LogP contribution is -2.50. The van der Waals surface area contributed by atoms with Gasteiger partial charge in [-0.15, -0.1) is 0 Å². The molecular formula is C26H22ClNO4. The van der Waals surface area contributed by atoms with Crippen molar-refractivity contribution in [3.63, 3.8) is 0 Å². The van der Waals surface area contributed by atoms with Gasteiger partial charge in [-0.2, -0.15) is 0 Å². The van der Waals surface area contributed by atoms with E-state index < -0.39 is 17.4 Å². The van der Waals surface area contributed by atoms with Gasteiger partial charge in [0.05, 0.1) is 18.2 Å². The molecule has 1 amide bonds. The smallest absolute Gasteiger partial charge is 0.264 e. The average Bonchev–Trinajstić information content (AvgIpc) is 3.03. The lowest BCUT2D eigenvalue weighted by Gasteiger charge is -2.34. The second-order valence-electron chi connectivity index (χ2n) is 8.16. The number of hydrogen-bond donors (Lipinski definition) is 1. The van der Waals surface area contributed by atoms with Crippen LogP contribution in [0.5, 0.6) is 5.75 Å². The fraction of sp³-hybridized carbons (Fsp3) is 0.231. The van der Waals surface area contributed by atoms with Crippen molar-refractivity contribution >= 4 is 29.0 Å². The Balaban J connectivity index is 1.42. The minimum absolute atomic E-state index is 0.184. The van der Waals surface area contributed by atoms with E-state index >= 15 is 0 Å². The van der Waals surface area contributed by atoms with E-state index in [1.165, 1.54) is 4.90 Å². The Hall–Kier alpha value is -3.15. The van der Waals surface area contributed by atoms with Crippen LogP contribution >= 0.6 is 11.6 Å². The van der Waals surface area contributed by atoms with Gasteiger partial charge < -0.3 is 14.7 Å². The van der Waals surface area contributed by atoms with Gasteiger partial charge >= 0.3 is 0 Å². The molecule has 2 atom stereocenters. The predicted octanol–water partition coefficient (Wildman–Crippen LogP) is 4.40. The summed E-state index contributed by atoms with van der Waals surface area (Å²) >= 11 is 5.91. The summed E-state index contributed by atoms with van der Waals surface area (Å²) in [7, 11) is 0. The number of carbonyl (C=O) groups is 2. The van der Waals surface area contributed by atoms with Crippen LogP contribution in [0.25, 0.3) is 0 Å². The van der Waals surface area contributed by atoms with Crippen LogP contribution in [-0.4, -0.2) is 29.9 Å². The van der Waals surface area contributed by atoms with E-state index in [2.05, 4.69) is 0 Å². The number of benzene rings is 3. The first-order valence-corrected chi connectivity index (χ1v) is 11.0. The Morgan fingerprint density at radius 2 is 1.72 bits per heavy atom. The molecule has 0 bridgehead atoms. The molecule has 0 saturated carbocycles. The van der Waals surface area contributed by atoms with Gasteiger partial charge in [-0.25, -0.2) is 0 Å². The number of aryl methyl sites for hydroxylation is 1. The number of halogens is 1. The number of ketones is 1. The molecule has 1 heterocycles. The van der Waals surface area contributed by atoms with Gasteiger partial charge in [-0.1, -0.05) is 54.1 Å². The Morgan fingerprint density at radius 1 is 1.00 bits per heavy atom. The number of hydrogen-bond acceptors (Lipinski definition) is 4. The van der Waals surface area contributed by atoms with Gasteiger partial charge in [-0.05, 0) is 48.7 Å². The average molecular weight is 448 g/mol. The third-order valence-corrected chi connectivity index (χ3v) is 6.63. The SMILES string of the molecule is O=C1c2ccccc2CC[C@H]1[C@@]1(O)C(=O)N(CCOc2ccc(Cl)cc2)c2ccccc21. The van der Waals surface area contributed by atoms with Crippen molar-refractivity contribution in [3.8, 4) is 5.75 Å².